The van der Waals surface area contributed by atoms with Crippen molar-refractivity contribution in [1.82, 2.24) is 19.1 Å². The summed E-state index contributed by atoms with van der Waals surface area (Å²) in [5.74, 6) is 0.843. The van der Waals surface area contributed by atoms with Crippen LogP contribution in [0.25, 0.3) is 0 Å². The van der Waals surface area contributed by atoms with Crippen molar-refractivity contribution in [2.75, 3.05) is 0 Å². The highest BCUT2D eigenvalue weighted by atomic mass is 35.5. The minimum absolute atomic E-state index is 0.0355. The topological polar surface area (TPSA) is 52.7 Å². The van der Waals surface area contributed by atoms with Gasteiger partial charge in [-0.05, 0) is 12.8 Å². The maximum Gasteiger partial charge on any atom is 0.319 e. The van der Waals surface area contributed by atoms with Gasteiger partial charge in [0.05, 0.1) is 6.54 Å². The van der Waals surface area contributed by atoms with E-state index in [1.165, 1.54) is 23.0 Å². The summed E-state index contributed by atoms with van der Waals surface area (Å²) in [5.41, 5.74) is -0.351. The van der Waals surface area contributed by atoms with Crippen LogP contribution in [0.5, 0.6) is 0 Å². The molecule has 106 valence electrons. The first-order valence-corrected chi connectivity index (χ1v) is 6.51. The van der Waals surface area contributed by atoms with Crippen molar-refractivity contribution in [3.05, 3.63) is 45.6 Å². The second-order valence-corrected chi connectivity index (χ2v) is 5.05. The van der Waals surface area contributed by atoms with Crippen LogP contribution in [0.4, 0.5) is 8.78 Å². The molecule has 8 heteroatoms. The second-order valence-electron chi connectivity index (χ2n) is 4.66. The molecule has 1 saturated carbocycles. The van der Waals surface area contributed by atoms with Crippen LogP contribution in [0.3, 0.4) is 0 Å². The Labute approximate surface area is 117 Å². The third-order valence-corrected chi connectivity index (χ3v) is 3.40. The number of halogens is 3. The van der Waals surface area contributed by atoms with Gasteiger partial charge >= 0.3 is 6.55 Å². The fourth-order valence-corrected chi connectivity index (χ4v) is 2.27. The van der Waals surface area contributed by atoms with E-state index in [4.69, 9.17) is 11.6 Å². The predicted molar refractivity (Wildman–Crippen MR) is 68.1 cm³/mol. The van der Waals surface area contributed by atoms with E-state index in [1.807, 2.05) is 0 Å². The highest BCUT2D eigenvalue weighted by Gasteiger charge is 2.29. The molecule has 20 heavy (non-hydrogen) atoms. The number of rotatable bonds is 4. The van der Waals surface area contributed by atoms with Gasteiger partial charge in [-0.3, -0.25) is 13.9 Å². The van der Waals surface area contributed by atoms with E-state index in [1.54, 1.807) is 0 Å². The van der Waals surface area contributed by atoms with E-state index in [9.17, 15) is 13.6 Å². The van der Waals surface area contributed by atoms with Crippen molar-refractivity contribution in [3.63, 3.8) is 0 Å². The smallest absolute Gasteiger partial charge is 0.289 e. The zero-order valence-corrected chi connectivity index (χ0v) is 11.1. The molecule has 2 heterocycles. The SMILES string of the molecule is O=c1cc(Cl)nc(C2CC2)n1Cc1nccn1C(F)F. The van der Waals surface area contributed by atoms with Gasteiger partial charge in [0.2, 0.25) is 0 Å². The second kappa shape index (κ2) is 4.97. The van der Waals surface area contributed by atoms with Gasteiger partial charge in [0.15, 0.2) is 0 Å². The normalized spacial score (nSPS) is 15.0. The summed E-state index contributed by atoms with van der Waals surface area (Å²) in [6, 6.07) is 1.18. The van der Waals surface area contributed by atoms with E-state index in [0.29, 0.717) is 5.82 Å². The number of alkyl halides is 2. The van der Waals surface area contributed by atoms with Crippen molar-refractivity contribution in [3.8, 4) is 0 Å². The van der Waals surface area contributed by atoms with Gasteiger partial charge in [-0.1, -0.05) is 11.6 Å². The van der Waals surface area contributed by atoms with E-state index in [2.05, 4.69) is 9.97 Å². The number of hydrogen-bond donors (Lipinski definition) is 0. The van der Waals surface area contributed by atoms with E-state index >= 15 is 0 Å². The molecule has 0 atom stereocenters. The van der Waals surface area contributed by atoms with E-state index in [0.717, 1.165) is 17.4 Å². The highest BCUT2D eigenvalue weighted by molar-refractivity contribution is 6.29. The molecule has 3 rings (SSSR count). The first kappa shape index (κ1) is 13.2. The number of hydrogen-bond acceptors (Lipinski definition) is 3. The van der Waals surface area contributed by atoms with Gasteiger partial charge in [-0.15, -0.1) is 0 Å². The molecule has 0 aliphatic heterocycles. The Morgan fingerprint density at radius 1 is 1.45 bits per heavy atom. The average Bonchev–Trinajstić information content (AvgIpc) is 3.11. The van der Waals surface area contributed by atoms with Gasteiger partial charge in [-0.2, -0.15) is 8.78 Å². The van der Waals surface area contributed by atoms with Crippen molar-refractivity contribution < 1.29 is 8.78 Å². The van der Waals surface area contributed by atoms with Gasteiger partial charge in [-0.25, -0.2) is 9.97 Å². The Bertz CT molecular complexity index is 693. The predicted octanol–water partition coefficient (Wildman–Crippen LogP) is 2.41. The van der Waals surface area contributed by atoms with E-state index < -0.39 is 6.55 Å². The Morgan fingerprint density at radius 2 is 2.20 bits per heavy atom. The maximum atomic E-state index is 12.8. The van der Waals surface area contributed by atoms with Crippen molar-refractivity contribution in [1.29, 1.82) is 0 Å². The Hall–Kier alpha value is -1.76. The standard InChI is InChI=1S/C12H11ClF2N4O/c13-8-5-10(20)19(11(17-8)7-1-2-7)6-9-16-3-4-18(9)12(14)15/h3-5,7,12H,1-2,6H2. The summed E-state index contributed by atoms with van der Waals surface area (Å²) < 4.78 is 27.7. The molecular formula is C12H11ClF2N4O. The summed E-state index contributed by atoms with van der Waals surface area (Å²) in [6.45, 7) is -2.72. The molecule has 0 saturated heterocycles. The van der Waals surface area contributed by atoms with Crippen LogP contribution >= 0.6 is 11.6 Å². The van der Waals surface area contributed by atoms with Crippen molar-refractivity contribution in [2.24, 2.45) is 0 Å². The highest BCUT2D eigenvalue weighted by Crippen LogP contribution is 2.38. The lowest BCUT2D eigenvalue weighted by molar-refractivity contribution is 0.0666. The van der Waals surface area contributed by atoms with Gasteiger partial charge in [0.1, 0.15) is 16.8 Å². The molecule has 0 bridgehead atoms. The lowest BCUT2D eigenvalue weighted by Crippen LogP contribution is -2.26. The lowest BCUT2D eigenvalue weighted by atomic mass is 10.3. The molecule has 1 aliphatic carbocycles. The van der Waals surface area contributed by atoms with Crippen molar-refractivity contribution >= 4 is 11.6 Å². The molecule has 0 spiro atoms. The molecular weight excluding hydrogens is 290 g/mol. The minimum atomic E-state index is -2.69. The minimum Gasteiger partial charge on any atom is -0.289 e. The van der Waals surface area contributed by atoms with Crippen LogP contribution in [0.15, 0.2) is 23.3 Å². The summed E-state index contributed by atoms with van der Waals surface area (Å²) in [6.07, 6.45) is 4.32. The lowest BCUT2D eigenvalue weighted by Gasteiger charge is -2.12. The molecule has 0 aromatic carbocycles. The quantitative estimate of drug-likeness (QED) is 0.815. The molecule has 2 aromatic rings. The first-order chi connectivity index (χ1) is 9.56. The zero-order valence-electron chi connectivity index (χ0n) is 10.3. The number of aromatic nitrogens is 4. The van der Waals surface area contributed by atoms with Crippen LogP contribution in [0, 0.1) is 0 Å². The van der Waals surface area contributed by atoms with Crippen LogP contribution in [-0.2, 0) is 6.54 Å². The summed E-state index contributed by atoms with van der Waals surface area (Å²) >= 11 is 5.79. The van der Waals surface area contributed by atoms with Crippen molar-refractivity contribution in [2.45, 2.75) is 31.9 Å². The molecule has 5 nitrogen and oxygen atoms in total. The molecule has 2 aromatic heterocycles. The van der Waals surface area contributed by atoms with Crippen LogP contribution in [-0.4, -0.2) is 19.1 Å². The third kappa shape index (κ3) is 2.45. The fraction of sp³-hybridized carbons (Fsp3) is 0.417. The molecule has 0 amide bonds. The average molecular weight is 301 g/mol. The molecule has 0 radical (unpaired) electrons. The maximum absolute atomic E-state index is 12.8. The Balaban J connectivity index is 2.02. The fourth-order valence-electron chi connectivity index (χ4n) is 2.09. The van der Waals surface area contributed by atoms with Gasteiger partial charge < -0.3 is 0 Å². The molecule has 0 unspecified atom stereocenters. The first-order valence-electron chi connectivity index (χ1n) is 6.13. The number of nitrogens with zero attached hydrogens (tertiary/aromatic N) is 4. The number of imidazole rings is 1. The van der Waals surface area contributed by atoms with Crippen LogP contribution < -0.4 is 5.56 Å². The summed E-state index contributed by atoms with van der Waals surface area (Å²) in [4.78, 5) is 20.0. The molecule has 0 N–H and O–H groups in total. The summed E-state index contributed by atoms with van der Waals surface area (Å²) in [7, 11) is 0. The largest absolute Gasteiger partial charge is 0.319 e. The Kier molecular flexibility index (Phi) is 3.29. The third-order valence-electron chi connectivity index (χ3n) is 3.21. The molecule has 1 fully saturated rings. The van der Waals surface area contributed by atoms with E-state index in [-0.39, 0.29) is 29.0 Å². The van der Waals surface area contributed by atoms with Crippen LogP contribution in [0.2, 0.25) is 5.15 Å². The zero-order chi connectivity index (χ0) is 14.3. The summed E-state index contributed by atoms with van der Waals surface area (Å²) in [5, 5.41) is 0.130. The van der Waals surface area contributed by atoms with Gasteiger partial charge in [0, 0.05) is 24.4 Å². The monoisotopic (exact) mass is 300 g/mol. The van der Waals surface area contributed by atoms with Crippen LogP contribution in [0.1, 0.15) is 37.0 Å². The Morgan fingerprint density at radius 3 is 2.85 bits per heavy atom. The van der Waals surface area contributed by atoms with Gasteiger partial charge in [0.25, 0.3) is 5.56 Å². The molecule has 1 aliphatic rings.